The molecule has 0 bridgehead atoms. The lowest BCUT2D eigenvalue weighted by Gasteiger charge is -2.30. The van der Waals surface area contributed by atoms with Crippen LogP contribution in [0.1, 0.15) is 137 Å². The van der Waals surface area contributed by atoms with E-state index < -0.39 is 280 Å². The second-order valence-corrected chi connectivity index (χ2v) is 26.7. The van der Waals surface area contributed by atoms with E-state index >= 15 is 0 Å². The molecule has 1 fully saturated rings. The van der Waals surface area contributed by atoms with Gasteiger partial charge in [0.05, 0.1) is 51.0 Å². The van der Waals surface area contributed by atoms with Crippen LogP contribution < -0.4 is 109 Å². The lowest BCUT2D eigenvalue weighted by molar-refractivity contribution is -0.144. The maximum atomic E-state index is 14.5. The summed E-state index contributed by atoms with van der Waals surface area (Å²) in [7, 11) is 0. The quantitative estimate of drug-likeness (QED) is 0.0153. The van der Waals surface area contributed by atoms with E-state index in [1.54, 1.807) is 13.8 Å². The van der Waals surface area contributed by atoms with Gasteiger partial charge in [0.15, 0.2) is 5.96 Å². The van der Waals surface area contributed by atoms with Crippen molar-refractivity contribution in [3.8, 4) is 0 Å². The Kier molecular flexibility index (Phi) is 43.8. The molecule has 49 nitrogen and oxygen atoms in total. The van der Waals surface area contributed by atoms with Crippen LogP contribution in [0.4, 0.5) is 0 Å². The van der Waals surface area contributed by atoms with Gasteiger partial charge in [-0.25, -0.2) is 0 Å². The van der Waals surface area contributed by atoms with Gasteiger partial charge in [-0.2, -0.15) is 0 Å². The molecule has 1 rings (SSSR count). The molecule has 1 saturated heterocycles. The van der Waals surface area contributed by atoms with Crippen LogP contribution in [0.15, 0.2) is 4.99 Å². The fourth-order valence-electron chi connectivity index (χ4n) is 10.6. The molecule has 1 heterocycles. The smallest absolute Gasteiger partial charge is 0.325 e. The van der Waals surface area contributed by atoms with Gasteiger partial charge in [-0.05, 0) is 97.4 Å². The van der Waals surface area contributed by atoms with Gasteiger partial charge in [0.25, 0.3) is 0 Å². The summed E-state index contributed by atoms with van der Waals surface area (Å²) in [4.78, 5) is 279. The van der Waals surface area contributed by atoms with Crippen LogP contribution in [-0.2, 0) is 101 Å². The Balaban J connectivity index is 3.49. The number of amides is 17. The third-order valence-electron chi connectivity index (χ3n) is 16.5. The number of carboxylic acid groups (broad SMARTS) is 4. The highest BCUT2D eigenvalue weighted by atomic mass is 16.4. The molecular weight excluding hydrogens is 1510 g/mol. The molecule has 15 atom stereocenters. The Hall–Kier alpha value is -12.0. The van der Waals surface area contributed by atoms with Crippen molar-refractivity contribution in [1.82, 2.24) is 74.0 Å². The first-order valence-electron chi connectivity index (χ1n) is 35.5. The summed E-state index contributed by atoms with van der Waals surface area (Å²) in [5.41, 5.74) is 38.2. The Labute approximate surface area is 645 Å². The zero-order valence-corrected chi connectivity index (χ0v) is 62.8. The number of likely N-dealkylation sites (tertiary alicyclic amines) is 1. The molecule has 1 aliphatic heterocycles. The number of aliphatic carboxylic acids is 4. The van der Waals surface area contributed by atoms with Crippen LogP contribution in [0.25, 0.3) is 0 Å². The number of nitrogens with two attached hydrogens (primary N) is 7. The van der Waals surface area contributed by atoms with E-state index in [-0.39, 0.29) is 82.9 Å². The van der Waals surface area contributed by atoms with Gasteiger partial charge < -0.3 is 145 Å². The van der Waals surface area contributed by atoms with Crippen LogP contribution in [0.5, 0.6) is 0 Å². The van der Waals surface area contributed by atoms with Crippen LogP contribution in [0, 0.1) is 5.92 Å². The zero-order valence-electron chi connectivity index (χ0n) is 62.8. The van der Waals surface area contributed by atoms with Gasteiger partial charge >= 0.3 is 23.9 Å². The van der Waals surface area contributed by atoms with Crippen LogP contribution in [0.2, 0.25) is 0 Å². The number of rotatable bonds is 54. The van der Waals surface area contributed by atoms with E-state index in [2.05, 4.69) is 58.2 Å². The summed E-state index contributed by atoms with van der Waals surface area (Å²) in [6.45, 7) is 3.85. The normalized spacial score (nSPS) is 16.0. The number of guanidine groups is 1. The van der Waals surface area contributed by atoms with E-state index in [1.165, 1.54) is 0 Å². The van der Waals surface area contributed by atoms with Crippen molar-refractivity contribution in [2.75, 3.05) is 32.8 Å². The van der Waals surface area contributed by atoms with E-state index in [0.717, 1.165) is 25.7 Å². The Morgan fingerprint density at radius 2 is 0.912 bits per heavy atom. The van der Waals surface area contributed by atoms with E-state index in [0.29, 0.717) is 0 Å². The number of aliphatic imine (C=N–C) groups is 1. The van der Waals surface area contributed by atoms with E-state index in [1.807, 2.05) is 16.0 Å². The van der Waals surface area contributed by atoms with Crippen molar-refractivity contribution in [3.63, 3.8) is 0 Å². The van der Waals surface area contributed by atoms with Crippen molar-refractivity contribution in [2.24, 2.45) is 51.0 Å². The second-order valence-electron chi connectivity index (χ2n) is 26.7. The summed E-state index contributed by atoms with van der Waals surface area (Å²) in [5, 5.41) is 87.2. The molecule has 0 aromatic carbocycles. The predicted molar refractivity (Wildman–Crippen MR) is 386 cm³/mol. The fourth-order valence-corrected chi connectivity index (χ4v) is 10.6. The number of nitrogens with one attached hydrogen (secondary N) is 13. The summed E-state index contributed by atoms with van der Waals surface area (Å²) in [5.74, 6) is -27.0. The molecule has 0 aromatic rings. The minimum atomic E-state index is -2.13. The number of primary amides is 3. The molecule has 634 valence electrons. The van der Waals surface area contributed by atoms with Gasteiger partial charge in [-0.15, -0.1) is 0 Å². The largest absolute Gasteiger partial charge is 0.481 e. The van der Waals surface area contributed by atoms with Crippen molar-refractivity contribution in [3.05, 3.63) is 0 Å². The molecule has 1 aliphatic rings. The molecular formula is C64H106N22O27. The third-order valence-corrected chi connectivity index (χ3v) is 16.5. The molecule has 0 saturated carbocycles. The highest BCUT2D eigenvalue weighted by Gasteiger charge is 2.42. The first kappa shape index (κ1) is 99.0. The molecule has 17 amide bonds. The van der Waals surface area contributed by atoms with Gasteiger partial charge in [0.2, 0.25) is 100 Å². The first-order chi connectivity index (χ1) is 52.7. The number of nitrogens with zero attached hydrogens (tertiary/aromatic N) is 2. The fraction of sp³-hybridized carbons (Fsp3) is 0.656. The lowest BCUT2D eigenvalue weighted by Crippen LogP contribution is -2.61. The average Bonchev–Trinajstić information content (AvgIpc) is 1.72. The minimum absolute atomic E-state index is 0.0291. The number of carboxylic acids is 4. The highest BCUT2D eigenvalue weighted by Crippen LogP contribution is 2.21. The standard InChI is InChI=1S/C64H106N22O27/c1-27(2)20-36(80-51(100)31(66)21-43(68)90)56(105)78-34(13-15-42(67)89)55(104)77-33(10-6-7-17-65)54(103)81-38(23-47(95)96)57(106)79-35(14-16-46(93)94)62(111)86-19-9-12-41(86)60(109)83-37(22-44(69)91)52(101)73-25-45(92)76-32(11-8-18-72-64(70)71)53(102)74-28(3)50(99)84-40(26-87)59(108)82-39(24-48(97)98)58(107)85-49(30(5)88)61(110)75-29(4)63(112)113/h27-41,49,87-88H,6-26,65-66H2,1-5H3,(H2,67,89)(H2,68,90)(H2,69,91)(H,73,101)(H,74,102)(H,75,110)(H,76,92)(H,77,104)(H,78,105)(H,79,106)(H,80,100)(H,81,103)(H,82,108)(H,83,109)(H,84,99)(H,85,107)(H,93,94)(H,95,96)(H,97,98)(H,112,113)(H4,70,71,72)/t28-,29-,30+,31-,32-,33-,34-,35-,36-,37-,38-,39-,40-,41-,49-/m0/s1. The maximum Gasteiger partial charge on any atom is 0.325 e. The molecule has 0 aromatic heterocycles. The van der Waals surface area contributed by atoms with Gasteiger partial charge in [-0.1, -0.05) is 13.8 Å². The maximum absolute atomic E-state index is 14.5. The number of carbonyl (C=O) groups is 21. The molecule has 0 unspecified atom stereocenters. The topological polar surface area (TPSA) is 834 Å². The third kappa shape index (κ3) is 38.0. The van der Waals surface area contributed by atoms with Crippen LogP contribution in [0.3, 0.4) is 0 Å². The average molecular weight is 1620 g/mol. The number of hydrogen-bond donors (Lipinski definition) is 26. The summed E-state index contributed by atoms with van der Waals surface area (Å²) >= 11 is 0. The molecule has 49 heteroatoms. The minimum Gasteiger partial charge on any atom is -0.481 e. The number of aliphatic hydroxyl groups excluding tert-OH is 2. The van der Waals surface area contributed by atoms with E-state index in [4.69, 9.17) is 45.2 Å². The Morgan fingerprint density at radius 3 is 1.42 bits per heavy atom. The number of unbranched alkanes of at least 4 members (excludes halogenated alkanes) is 1. The lowest BCUT2D eigenvalue weighted by atomic mass is 10.0. The molecule has 33 N–H and O–H groups in total. The van der Waals surface area contributed by atoms with E-state index in [9.17, 15) is 126 Å². The van der Waals surface area contributed by atoms with Gasteiger partial charge in [-0.3, -0.25) is 106 Å². The predicted octanol–water partition coefficient (Wildman–Crippen LogP) is -13.2. The zero-order chi connectivity index (χ0) is 86.3. The SMILES string of the molecule is CC(C)C[C@H](NC(=O)[C@@H](N)CC(N)=O)C(=O)N[C@@H](CCC(N)=O)C(=O)N[C@@H](CCCCN)C(=O)N[C@@H](CC(=O)O)C(=O)N[C@@H](CCC(=O)O)C(=O)N1CCC[C@H]1C(=O)N[C@@H](CC(N)=O)C(=O)NCC(=O)N[C@@H](CCCN=C(N)N)C(=O)N[C@@H](C)C(=O)N[C@@H](CO)C(=O)N[C@@H](CC(=O)O)C(=O)N[C@H](C(=O)N[C@@H](C)C(=O)O)[C@@H](C)O. The summed E-state index contributed by atoms with van der Waals surface area (Å²) in [6, 6.07) is -24.6. The van der Waals surface area contributed by atoms with Crippen LogP contribution in [-0.4, -0.2) is 289 Å². The van der Waals surface area contributed by atoms with Crippen molar-refractivity contribution in [2.45, 2.75) is 228 Å². The van der Waals surface area contributed by atoms with Gasteiger partial charge in [0, 0.05) is 25.9 Å². The van der Waals surface area contributed by atoms with Crippen LogP contribution >= 0.6 is 0 Å². The molecule has 0 radical (unpaired) electrons. The van der Waals surface area contributed by atoms with Gasteiger partial charge in [0.1, 0.15) is 78.5 Å². The number of carbonyl (C=O) groups excluding carboxylic acids is 17. The van der Waals surface area contributed by atoms with Crippen molar-refractivity contribution >= 4 is 130 Å². The monoisotopic (exact) mass is 1610 g/mol. The first-order valence-corrected chi connectivity index (χ1v) is 35.5. The Morgan fingerprint density at radius 1 is 0.451 bits per heavy atom. The number of aliphatic hydroxyl groups is 2. The molecule has 0 aliphatic carbocycles. The van der Waals surface area contributed by atoms with Crippen molar-refractivity contribution < 1.29 is 131 Å². The number of hydrogen-bond acceptors (Lipinski definition) is 26. The summed E-state index contributed by atoms with van der Waals surface area (Å²) < 4.78 is 0. The Bertz CT molecular complexity index is 3470. The highest BCUT2D eigenvalue weighted by molar-refractivity contribution is 6.02. The molecule has 113 heavy (non-hydrogen) atoms. The molecule has 0 spiro atoms. The second kappa shape index (κ2) is 50.0. The van der Waals surface area contributed by atoms with Crippen molar-refractivity contribution in [1.29, 1.82) is 0 Å². The summed E-state index contributed by atoms with van der Waals surface area (Å²) in [6.07, 6.45) is -8.85.